The Bertz CT molecular complexity index is 448. The molecular formula is C24H53NO6S. The van der Waals surface area contributed by atoms with Crippen molar-refractivity contribution in [1.29, 1.82) is 0 Å². The maximum Gasteiger partial charge on any atom is 0.397 e. The molecule has 0 spiro atoms. The average Bonchev–Trinajstić information content (AvgIpc) is 2.75. The van der Waals surface area contributed by atoms with Crippen molar-refractivity contribution in [2.24, 2.45) is 0 Å². The number of aliphatic hydroxyl groups is 1. The largest absolute Gasteiger partial charge is 0.397 e. The van der Waals surface area contributed by atoms with Crippen LogP contribution in [0.3, 0.4) is 0 Å². The predicted octanol–water partition coefficient (Wildman–Crippen LogP) is 5.62. The van der Waals surface area contributed by atoms with Gasteiger partial charge in [0.25, 0.3) is 0 Å². The fourth-order valence-corrected chi connectivity index (χ4v) is 3.36. The third-order valence-electron chi connectivity index (χ3n) is 5.45. The number of hydrogen-bond acceptors (Lipinski definition) is 6. The van der Waals surface area contributed by atoms with Crippen LogP contribution in [0.1, 0.15) is 110 Å². The van der Waals surface area contributed by atoms with E-state index in [0.29, 0.717) is 0 Å². The SMILES string of the molecule is CCCCCCCCCCCCCCCCCCOCCN(C)CCO.COS(=O)(=O)O. The smallest absolute Gasteiger partial charge is 0.395 e. The summed E-state index contributed by atoms with van der Waals surface area (Å²) in [5.74, 6) is 0. The molecule has 0 atom stereocenters. The molecule has 32 heavy (non-hydrogen) atoms. The van der Waals surface area contributed by atoms with Gasteiger partial charge in [-0.05, 0) is 13.5 Å². The van der Waals surface area contributed by atoms with Crippen LogP contribution in [0.5, 0.6) is 0 Å². The molecule has 0 rings (SSSR count). The zero-order valence-corrected chi connectivity index (χ0v) is 22.0. The molecular weight excluding hydrogens is 430 g/mol. The van der Waals surface area contributed by atoms with Crippen molar-refractivity contribution in [3.8, 4) is 0 Å². The number of rotatable bonds is 23. The van der Waals surface area contributed by atoms with Gasteiger partial charge in [0.15, 0.2) is 0 Å². The van der Waals surface area contributed by atoms with E-state index in [1.807, 2.05) is 7.05 Å². The second-order valence-corrected chi connectivity index (χ2v) is 9.73. The molecule has 0 aliphatic heterocycles. The minimum atomic E-state index is -4.16. The number of hydrogen-bond donors (Lipinski definition) is 2. The van der Waals surface area contributed by atoms with Gasteiger partial charge in [-0.25, -0.2) is 0 Å². The highest BCUT2D eigenvalue weighted by Gasteiger charge is 1.97. The van der Waals surface area contributed by atoms with E-state index in [2.05, 4.69) is 16.0 Å². The zero-order valence-electron chi connectivity index (χ0n) is 21.2. The van der Waals surface area contributed by atoms with Crippen LogP contribution in [0, 0.1) is 0 Å². The number of aliphatic hydroxyl groups excluding tert-OH is 1. The van der Waals surface area contributed by atoms with Gasteiger partial charge in [0.1, 0.15) is 0 Å². The molecule has 0 aliphatic carbocycles. The lowest BCUT2D eigenvalue weighted by Crippen LogP contribution is -2.26. The van der Waals surface area contributed by atoms with E-state index in [4.69, 9.17) is 14.4 Å². The van der Waals surface area contributed by atoms with Crippen LogP contribution in [-0.2, 0) is 19.3 Å². The summed E-state index contributed by atoms with van der Waals surface area (Å²) in [5.41, 5.74) is 0. The Balaban J connectivity index is 0. The molecule has 196 valence electrons. The Hall–Kier alpha value is -0.250. The minimum Gasteiger partial charge on any atom is -0.395 e. The van der Waals surface area contributed by atoms with Crippen LogP contribution in [0.25, 0.3) is 0 Å². The lowest BCUT2D eigenvalue weighted by Gasteiger charge is -2.14. The molecule has 0 aromatic carbocycles. The first-order valence-corrected chi connectivity index (χ1v) is 14.1. The summed E-state index contributed by atoms with van der Waals surface area (Å²) >= 11 is 0. The van der Waals surface area contributed by atoms with Crippen LogP contribution in [0.15, 0.2) is 0 Å². The van der Waals surface area contributed by atoms with Crippen LogP contribution < -0.4 is 0 Å². The normalized spacial score (nSPS) is 11.6. The van der Waals surface area contributed by atoms with E-state index in [-0.39, 0.29) is 6.61 Å². The summed E-state index contributed by atoms with van der Waals surface area (Å²) in [7, 11) is -1.27. The first-order valence-electron chi connectivity index (χ1n) is 12.8. The summed E-state index contributed by atoms with van der Waals surface area (Å²) in [6.45, 7) is 5.86. The van der Waals surface area contributed by atoms with Crippen molar-refractivity contribution in [3.63, 3.8) is 0 Å². The van der Waals surface area contributed by atoms with E-state index in [9.17, 15) is 8.42 Å². The molecule has 0 heterocycles. The lowest BCUT2D eigenvalue weighted by molar-refractivity contribution is 0.102. The molecule has 0 aliphatic rings. The van der Waals surface area contributed by atoms with Gasteiger partial charge in [0.2, 0.25) is 0 Å². The Kier molecular flexibility index (Phi) is 28.6. The first-order chi connectivity index (χ1) is 15.4. The maximum atomic E-state index is 9.33. The van der Waals surface area contributed by atoms with Gasteiger partial charge >= 0.3 is 10.4 Å². The van der Waals surface area contributed by atoms with Crippen molar-refractivity contribution in [2.45, 2.75) is 110 Å². The Morgan fingerprint density at radius 1 is 0.688 bits per heavy atom. The monoisotopic (exact) mass is 483 g/mol. The summed E-state index contributed by atoms with van der Waals surface area (Å²) in [4.78, 5) is 2.10. The molecule has 0 bridgehead atoms. The highest BCUT2D eigenvalue weighted by molar-refractivity contribution is 7.80. The topological polar surface area (TPSA) is 96.3 Å². The highest BCUT2D eigenvalue weighted by atomic mass is 32.3. The Morgan fingerprint density at radius 2 is 1.06 bits per heavy atom. The number of unbranched alkanes of at least 4 members (excludes halogenated alkanes) is 15. The molecule has 7 nitrogen and oxygen atoms in total. The van der Waals surface area contributed by atoms with Gasteiger partial charge in [-0.15, -0.1) is 0 Å². The summed E-state index contributed by atoms with van der Waals surface area (Å²) in [6, 6.07) is 0. The van der Waals surface area contributed by atoms with E-state index >= 15 is 0 Å². The molecule has 0 saturated heterocycles. The first kappa shape index (κ1) is 33.9. The second kappa shape index (κ2) is 27.0. The van der Waals surface area contributed by atoms with Crippen LogP contribution in [0.2, 0.25) is 0 Å². The van der Waals surface area contributed by atoms with Crippen LogP contribution in [-0.4, -0.2) is 70.0 Å². The second-order valence-electron chi connectivity index (χ2n) is 8.54. The molecule has 0 aromatic heterocycles. The minimum absolute atomic E-state index is 0.232. The van der Waals surface area contributed by atoms with Gasteiger partial charge in [-0.2, -0.15) is 8.42 Å². The summed E-state index contributed by atoms with van der Waals surface area (Å²) < 4.78 is 35.4. The van der Waals surface area contributed by atoms with Crippen LogP contribution >= 0.6 is 0 Å². The zero-order chi connectivity index (χ0) is 24.3. The van der Waals surface area contributed by atoms with Gasteiger partial charge in [-0.1, -0.05) is 103 Å². The molecule has 8 heteroatoms. The van der Waals surface area contributed by atoms with E-state index in [1.54, 1.807) is 0 Å². The van der Waals surface area contributed by atoms with Gasteiger partial charge in [0, 0.05) is 19.7 Å². The molecule has 0 aromatic rings. The van der Waals surface area contributed by atoms with E-state index in [1.165, 1.54) is 103 Å². The third-order valence-corrected chi connectivity index (χ3v) is 5.87. The maximum absolute atomic E-state index is 9.33. The predicted molar refractivity (Wildman–Crippen MR) is 134 cm³/mol. The Labute approximate surface area is 199 Å². The van der Waals surface area contributed by atoms with E-state index in [0.717, 1.165) is 33.4 Å². The van der Waals surface area contributed by atoms with Gasteiger partial charge in [-0.3, -0.25) is 8.74 Å². The van der Waals surface area contributed by atoms with Crippen molar-refractivity contribution in [2.75, 3.05) is 47.1 Å². The molecule has 0 radical (unpaired) electrons. The fraction of sp³-hybridized carbons (Fsp3) is 1.00. The number of nitrogens with zero attached hydrogens (tertiary/aromatic N) is 1. The summed E-state index contributed by atoms with van der Waals surface area (Å²) in [5, 5.41) is 8.81. The lowest BCUT2D eigenvalue weighted by atomic mass is 10.0. The van der Waals surface area contributed by atoms with E-state index < -0.39 is 10.4 Å². The average molecular weight is 484 g/mol. The fourth-order valence-electron chi connectivity index (χ4n) is 3.36. The molecule has 0 unspecified atom stereocenters. The van der Waals surface area contributed by atoms with Crippen molar-refractivity contribution in [3.05, 3.63) is 0 Å². The van der Waals surface area contributed by atoms with Gasteiger partial charge < -0.3 is 14.7 Å². The van der Waals surface area contributed by atoms with Crippen molar-refractivity contribution < 1.29 is 27.0 Å². The number of likely N-dealkylation sites (N-methyl/N-ethyl adjacent to an activating group) is 1. The summed E-state index contributed by atoms with van der Waals surface area (Å²) in [6.07, 6.45) is 22.6. The third kappa shape index (κ3) is 34.4. The molecule has 0 amide bonds. The van der Waals surface area contributed by atoms with Gasteiger partial charge in [0.05, 0.1) is 20.3 Å². The molecule has 0 saturated carbocycles. The molecule has 0 fully saturated rings. The van der Waals surface area contributed by atoms with Crippen molar-refractivity contribution >= 4 is 10.4 Å². The van der Waals surface area contributed by atoms with Crippen LogP contribution in [0.4, 0.5) is 0 Å². The Morgan fingerprint density at radius 3 is 1.41 bits per heavy atom. The molecule has 2 N–H and O–H groups in total. The quantitative estimate of drug-likeness (QED) is 0.144. The standard InChI is InChI=1S/C23H49NO2.CH4O4S/c1-3-4-5-6-7-8-9-10-11-12-13-14-15-16-17-18-22-26-23-20-24(2)19-21-25;1-5-6(2,3)4/h25H,3-23H2,1-2H3;1H3,(H,2,3,4). The van der Waals surface area contributed by atoms with Crippen molar-refractivity contribution in [1.82, 2.24) is 4.90 Å². The number of ether oxygens (including phenoxy) is 1. The highest BCUT2D eigenvalue weighted by Crippen LogP contribution is 2.13.